The first kappa shape index (κ1) is 36.4. The molecule has 0 saturated heterocycles. The average molecular weight is 575 g/mol. The van der Waals surface area contributed by atoms with Gasteiger partial charge in [0.1, 0.15) is 11.2 Å². The Kier molecular flexibility index (Phi) is 16.3. The molecule has 0 bridgehead atoms. The lowest BCUT2D eigenvalue weighted by atomic mass is 10.2. The van der Waals surface area contributed by atoms with E-state index in [1.54, 1.807) is 41.5 Å². The summed E-state index contributed by atoms with van der Waals surface area (Å²) >= 11 is 0. The Bertz CT molecular complexity index is 795. The summed E-state index contributed by atoms with van der Waals surface area (Å²) in [6.45, 7) is 10.7. The van der Waals surface area contributed by atoms with E-state index in [1.807, 2.05) is 0 Å². The van der Waals surface area contributed by atoms with Gasteiger partial charge in [0.2, 0.25) is 11.8 Å². The van der Waals surface area contributed by atoms with E-state index >= 15 is 0 Å². The van der Waals surface area contributed by atoms with E-state index in [0.29, 0.717) is 0 Å². The lowest BCUT2D eigenvalue weighted by Gasteiger charge is -2.29. The summed E-state index contributed by atoms with van der Waals surface area (Å²) in [6, 6.07) is 0. The molecule has 14 heteroatoms. The molecule has 0 rings (SSSR count). The Morgan fingerprint density at radius 1 is 0.575 bits per heavy atom. The Morgan fingerprint density at radius 3 is 1.18 bits per heavy atom. The Hall–Kier alpha value is -3.58. The molecule has 40 heavy (non-hydrogen) atoms. The number of ether oxygens (including phenoxy) is 2. The van der Waals surface area contributed by atoms with Gasteiger partial charge in [-0.15, -0.1) is 0 Å². The van der Waals surface area contributed by atoms with E-state index in [2.05, 4.69) is 10.6 Å². The second-order valence-corrected chi connectivity index (χ2v) is 11.1. The van der Waals surface area contributed by atoms with Gasteiger partial charge in [0.25, 0.3) is 0 Å². The van der Waals surface area contributed by atoms with Gasteiger partial charge in [-0.05, 0) is 54.4 Å². The third kappa shape index (κ3) is 20.4. The first-order chi connectivity index (χ1) is 18.4. The number of aliphatic carboxylic acids is 2. The van der Waals surface area contributed by atoms with Crippen molar-refractivity contribution in [3.8, 4) is 0 Å². The Labute approximate surface area is 235 Å². The van der Waals surface area contributed by atoms with E-state index in [4.69, 9.17) is 19.7 Å². The monoisotopic (exact) mass is 574 g/mol. The number of hydrogen-bond donors (Lipinski definition) is 4. The van der Waals surface area contributed by atoms with Crippen molar-refractivity contribution < 1.29 is 48.5 Å². The van der Waals surface area contributed by atoms with Gasteiger partial charge in [-0.25, -0.2) is 9.59 Å². The maximum Gasteiger partial charge on any atom is 0.407 e. The van der Waals surface area contributed by atoms with Crippen molar-refractivity contribution in [3.63, 3.8) is 0 Å². The van der Waals surface area contributed by atoms with Crippen LogP contribution in [-0.4, -0.2) is 106 Å². The molecule has 14 nitrogen and oxygen atoms in total. The molecule has 230 valence electrons. The number of carboxylic acids is 2. The highest BCUT2D eigenvalue weighted by molar-refractivity contribution is 5.78. The van der Waals surface area contributed by atoms with Crippen molar-refractivity contribution in [2.24, 2.45) is 0 Å². The van der Waals surface area contributed by atoms with Crippen LogP contribution in [0.1, 0.15) is 80.1 Å². The largest absolute Gasteiger partial charge is 0.481 e. The fraction of sp³-hybridized carbons (Fsp3) is 0.769. The van der Waals surface area contributed by atoms with Crippen LogP contribution in [0.25, 0.3) is 0 Å². The van der Waals surface area contributed by atoms with E-state index in [0.717, 1.165) is 0 Å². The molecule has 0 aromatic heterocycles. The predicted octanol–water partition coefficient (Wildman–Crippen LogP) is 2.20. The summed E-state index contributed by atoms with van der Waals surface area (Å²) < 4.78 is 10.4. The van der Waals surface area contributed by atoms with Gasteiger partial charge in [0.15, 0.2) is 0 Å². The minimum atomic E-state index is -1.03. The van der Waals surface area contributed by atoms with Crippen molar-refractivity contribution in [1.82, 2.24) is 20.4 Å². The lowest BCUT2D eigenvalue weighted by Crippen LogP contribution is -2.46. The lowest BCUT2D eigenvalue weighted by molar-refractivity contribution is -0.139. The highest BCUT2D eigenvalue weighted by Gasteiger charge is 2.21. The Morgan fingerprint density at radius 2 is 0.900 bits per heavy atom. The first-order valence-corrected chi connectivity index (χ1v) is 13.3. The van der Waals surface area contributed by atoms with Gasteiger partial charge < -0.3 is 40.1 Å². The summed E-state index contributed by atoms with van der Waals surface area (Å²) in [5, 5.41) is 22.9. The number of carbonyl (C=O) groups is 6. The van der Waals surface area contributed by atoms with Crippen molar-refractivity contribution in [1.29, 1.82) is 0 Å². The maximum absolute atomic E-state index is 12.8. The third-order valence-corrected chi connectivity index (χ3v) is 5.01. The number of alkyl carbamates (subject to hydrolysis) is 2. The molecule has 4 N–H and O–H groups in total. The molecule has 0 unspecified atom stereocenters. The molecule has 0 aliphatic heterocycles. The molecule has 0 aliphatic carbocycles. The second-order valence-electron chi connectivity index (χ2n) is 11.1. The summed E-state index contributed by atoms with van der Waals surface area (Å²) in [6.07, 6.45) is -1.50. The molecule has 0 fully saturated rings. The number of nitrogens with zero attached hydrogens (tertiary/aromatic N) is 2. The third-order valence-electron chi connectivity index (χ3n) is 5.01. The van der Waals surface area contributed by atoms with Crippen LogP contribution in [0.3, 0.4) is 0 Å². The number of nitrogens with one attached hydrogen (secondary N) is 2. The molecular weight excluding hydrogens is 528 g/mol. The van der Waals surface area contributed by atoms with Crippen LogP contribution >= 0.6 is 0 Å². The average Bonchev–Trinajstić information content (AvgIpc) is 2.76. The van der Waals surface area contributed by atoms with Gasteiger partial charge in [0, 0.05) is 65.0 Å². The van der Waals surface area contributed by atoms with Crippen LogP contribution in [0.4, 0.5) is 9.59 Å². The first-order valence-electron chi connectivity index (χ1n) is 13.3. The van der Waals surface area contributed by atoms with Crippen LogP contribution in [0.15, 0.2) is 0 Å². The van der Waals surface area contributed by atoms with Crippen molar-refractivity contribution in [2.75, 3.05) is 39.3 Å². The zero-order chi connectivity index (χ0) is 30.9. The quantitative estimate of drug-likeness (QED) is 0.200. The van der Waals surface area contributed by atoms with Crippen molar-refractivity contribution >= 4 is 35.9 Å². The van der Waals surface area contributed by atoms with Crippen LogP contribution in [0, 0.1) is 0 Å². The van der Waals surface area contributed by atoms with Gasteiger partial charge in [0.05, 0.1) is 0 Å². The highest BCUT2D eigenvalue weighted by atomic mass is 16.6. The molecule has 0 aliphatic rings. The van der Waals surface area contributed by atoms with E-state index < -0.39 is 35.3 Å². The minimum Gasteiger partial charge on any atom is -0.481 e. The molecule has 0 aromatic rings. The fourth-order valence-corrected chi connectivity index (χ4v) is 3.28. The van der Waals surface area contributed by atoms with E-state index in [1.165, 1.54) is 9.80 Å². The maximum atomic E-state index is 12.8. The van der Waals surface area contributed by atoms with E-state index in [9.17, 15) is 28.8 Å². The molecule has 0 radical (unpaired) electrons. The topological polar surface area (TPSA) is 192 Å². The van der Waals surface area contributed by atoms with Gasteiger partial charge in [-0.2, -0.15) is 0 Å². The van der Waals surface area contributed by atoms with Crippen LogP contribution in [0.5, 0.6) is 0 Å². The predicted molar refractivity (Wildman–Crippen MR) is 145 cm³/mol. The second kappa shape index (κ2) is 17.9. The number of amides is 4. The SMILES string of the molecule is CC(C)(C)OC(=O)NCCN(CCN(CCNC(=O)OC(C)(C)C)C(=O)CCCC(=O)O)C(=O)CCCC(=O)O. The van der Waals surface area contributed by atoms with Gasteiger partial charge >= 0.3 is 24.1 Å². The molecule has 0 aromatic carbocycles. The molecule has 0 saturated carbocycles. The molecule has 4 amide bonds. The van der Waals surface area contributed by atoms with Crippen LogP contribution in [-0.2, 0) is 28.7 Å². The number of carboxylic acid groups (broad SMARTS) is 2. The number of hydrogen-bond acceptors (Lipinski definition) is 8. The van der Waals surface area contributed by atoms with E-state index in [-0.39, 0.29) is 89.6 Å². The van der Waals surface area contributed by atoms with Crippen molar-refractivity contribution in [2.45, 2.75) is 91.3 Å². The Balaban J connectivity index is 5.33. The van der Waals surface area contributed by atoms with Crippen molar-refractivity contribution in [3.05, 3.63) is 0 Å². The van der Waals surface area contributed by atoms with Crippen LogP contribution < -0.4 is 10.6 Å². The van der Waals surface area contributed by atoms with Gasteiger partial charge in [-0.1, -0.05) is 0 Å². The summed E-state index contributed by atoms with van der Waals surface area (Å²) in [7, 11) is 0. The zero-order valence-corrected chi connectivity index (χ0v) is 24.5. The minimum absolute atomic E-state index is 0.0362. The summed E-state index contributed by atoms with van der Waals surface area (Å²) in [5.41, 5.74) is -1.41. The zero-order valence-electron chi connectivity index (χ0n) is 24.5. The molecule has 0 spiro atoms. The normalized spacial score (nSPS) is 11.2. The van der Waals surface area contributed by atoms with Gasteiger partial charge in [-0.3, -0.25) is 19.2 Å². The molecule has 0 atom stereocenters. The number of carbonyl (C=O) groups excluding carboxylic acids is 4. The molecule has 0 heterocycles. The summed E-state index contributed by atoms with van der Waals surface area (Å²) in [5.74, 6) is -2.75. The number of rotatable bonds is 17. The summed E-state index contributed by atoms with van der Waals surface area (Å²) in [4.78, 5) is 74.2. The smallest absolute Gasteiger partial charge is 0.407 e. The standard InChI is InChI=1S/C26H46N4O10/c1-25(2,3)39-23(37)27-13-15-29(19(31)9-7-11-21(33)34)17-18-30(20(32)10-8-12-22(35)36)16-14-28-24(38)40-26(4,5)6/h7-18H2,1-6H3,(H,27,37)(H,28,38)(H,33,34)(H,35,36). The fourth-order valence-electron chi connectivity index (χ4n) is 3.28. The highest BCUT2D eigenvalue weighted by Crippen LogP contribution is 2.08. The molecular formula is C26H46N4O10. The van der Waals surface area contributed by atoms with Crippen LogP contribution in [0.2, 0.25) is 0 Å².